The van der Waals surface area contributed by atoms with Crippen LogP contribution in [0.25, 0.3) is 0 Å². The number of hydrogen-bond donors (Lipinski definition) is 1. The van der Waals surface area contributed by atoms with Crippen LogP contribution in [0.1, 0.15) is 43.6 Å². The molecule has 1 heterocycles. The predicted octanol–water partition coefficient (Wildman–Crippen LogP) is 4.84. The Hall–Kier alpha value is -1.96. The van der Waals surface area contributed by atoms with Crippen molar-refractivity contribution in [1.29, 1.82) is 0 Å². The number of ether oxygens (including phenoxy) is 1. The Kier molecular flexibility index (Phi) is 3.40. The summed E-state index contributed by atoms with van der Waals surface area (Å²) >= 11 is 0. The molecule has 0 spiro atoms. The van der Waals surface area contributed by atoms with Gasteiger partial charge in [-0.15, -0.1) is 0 Å². The minimum Gasteiger partial charge on any atom is -0.482 e. The molecular weight excluding hydrogens is 258 g/mol. The van der Waals surface area contributed by atoms with Crippen molar-refractivity contribution in [3.63, 3.8) is 0 Å². The van der Waals surface area contributed by atoms with Crippen LogP contribution in [0.2, 0.25) is 0 Å². The summed E-state index contributed by atoms with van der Waals surface area (Å²) in [6.45, 7) is 9.61. The van der Waals surface area contributed by atoms with Crippen molar-refractivity contribution in [3.05, 3.63) is 59.2 Å². The first-order valence-electron chi connectivity index (χ1n) is 7.55. The Balaban J connectivity index is 1.81. The normalized spacial score (nSPS) is 17.6. The van der Waals surface area contributed by atoms with E-state index in [4.69, 9.17) is 4.74 Å². The van der Waals surface area contributed by atoms with Crippen LogP contribution in [-0.2, 0) is 5.41 Å². The van der Waals surface area contributed by atoms with E-state index in [1.54, 1.807) is 0 Å². The summed E-state index contributed by atoms with van der Waals surface area (Å²) in [6, 6.07) is 15.1. The molecule has 21 heavy (non-hydrogen) atoms. The number of rotatable bonds is 1. The van der Waals surface area contributed by atoms with Gasteiger partial charge in [0.2, 0.25) is 0 Å². The molecule has 0 amide bonds. The van der Waals surface area contributed by atoms with Gasteiger partial charge < -0.3 is 10.1 Å². The van der Waals surface area contributed by atoms with Gasteiger partial charge in [0.25, 0.3) is 0 Å². The summed E-state index contributed by atoms with van der Waals surface area (Å²) in [5.74, 6) is 0.941. The molecule has 3 rings (SSSR count). The fourth-order valence-corrected chi connectivity index (χ4v) is 2.67. The lowest BCUT2D eigenvalue weighted by Gasteiger charge is -2.28. The van der Waals surface area contributed by atoms with E-state index in [2.05, 4.69) is 69.4 Å². The Morgan fingerprint density at radius 3 is 2.43 bits per heavy atom. The van der Waals surface area contributed by atoms with Crippen LogP contribution in [0, 0.1) is 6.92 Å². The molecule has 1 unspecified atom stereocenters. The Morgan fingerprint density at radius 2 is 1.76 bits per heavy atom. The molecule has 0 radical (unpaired) electrons. The number of fused-ring (bicyclic) bond motifs is 1. The van der Waals surface area contributed by atoms with Crippen LogP contribution in [0.5, 0.6) is 5.75 Å². The number of aryl methyl sites for hydroxylation is 1. The highest BCUT2D eigenvalue weighted by atomic mass is 16.5. The van der Waals surface area contributed by atoms with Gasteiger partial charge in [0.15, 0.2) is 0 Å². The number of benzene rings is 2. The molecule has 1 atom stereocenters. The lowest BCUT2D eigenvalue weighted by Crippen LogP contribution is -2.23. The molecule has 2 nitrogen and oxygen atoms in total. The molecule has 0 bridgehead atoms. The lowest BCUT2D eigenvalue weighted by atomic mass is 9.86. The fraction of sp³-hybridized carbons (Fsp3) is 0.368. The molecule has 0 saturated heterocycles. The van der Waals surface area contributed by atoms with Gasteiger partial charge in [-0.25, -0.2) is 0 Å². The summed E-state index contributed by atoms with van der Waals surface area (Å²) in [5.41, 5.74) is 5.11. The van der Waals surface area contributed by atoms with Gasteiger partial charge in [-0.1, -0.05) is 51.1 Å². The first kappa shape index (κ1) is 14.0. The second-order valence-electron chi connectivity index (χ2n) is 6.86. The molecular formula is C19H23NO. The third-order valence-corrected chi connectivity index (χ3v) is 4.03. The third-order valence-electron chi connectivity index (χ3n) is 4.03. The third kappa shape index (κ3) is 2.90. The summed E-state index contributed by atoms with van der Waals surface area (Å²) in [5, 5.41) is 3.47. The largest absolute Gasteiger partial charge is 0.482 e. The standard InChI is InChI=1S/C19H23NO/c1-13-5-10-17-16(11-13)20-12-18(21-17)14-6-8-15(9-7-14)19(2,3)4/h5-11,18,20H,12H2,1-4H3. The summed E-state index contributed by atoms with van der Waals surface area (Å²) < 4.78 is 6.14. The lowest BCUT2D eigenvalue weighted by molar-refractivity contribution is 0.210. The number of anilines is 1. The van der Waals surface area contributed by atoms with Gasteiger partial charge in [0.1, 0.15) is 11.9 Å². The summed E-state index contributed by atoms with van der Waals surface area (Å²) in [6.07, 6.45) is 0.0780. The van der Waals surface area contributed by atoms with E-state index in [-0.39, 0.29) is 11.5 Å². The Bertz CT molecular complexity index is 638. The molecule has 1 aliphatic rings. The minimum absolute atomic E-state index is 0.0780. The molecule has 2 aromatic carbocycles. The van der Waals surface area contributed by atoms with Crippen molar-refractivity contribution in [2.45, 2.75) is 39.2 Å². The monoisotopic (exact) mass is 281 g/mol. The van der Waals surface area contributed by atoms with Crippen molar-refractivity contribution in [2.75, 3.05) is 11.9 Å². The molecule has 2 aromatic rings. The van der Waals surface area contributed by atoms with Gasteiger partial charge in [-0.05, 0) is 41.2 Å². The van der Waals surface area contributed by atoms with Crippen molar-refractivity contribution in [3.8, 4) is 5.75 Å². The molecule has 1 N–H and O–H groups in total. The number of hydrogen-bond acceptors (Lipinski definition) is 2. The van der Waals surface area contributed by atoms with Gasteiger partial charge in [0, 0.05) is 0 Å². The van der Waals surface area contributed by atoms with E-state index in [1.165, 1.54) is 16.7 Å². The van der Waals surface area contributed by atoms with E-state index < -0.39 is 0 Å². The first-order chi connectivity index (χ1) is 9.93. The van der Waals surface area contributed by atoms with E-state index in [0.29, 0.717) is 0 Å². The van der Waals surface area contributed by atoms with Crippen LogP contribution in [0.4, 0.5) is 5.69 Å². The maximum absolute atomic E-state index is 6.14. The van der Waals surface area contributed by atoms with Crippen molar-refractivity contribution in [2.24, 2.45) is 0 Å². The Morgan fingerprint density at radius 1 is 1.05 bits per heavy atom. The van der Waals surface area contributed by atoms with Crippen LogP contribution < -0.4 is 10.1 Å². The molecule has 1 aliphatic heterocycles. The minimum atomic E-state index is 0.0780. The molecule has 2 heteroatoms. The zero-order chi connectivity index (χ0) is 15.0. The van der Waals surface area contributed by atoms with E-state index in [0.717, 1.165) is 18.0 Å². The maximum atomic E-state index is 6.14. The zero-order valence-electron chi connectivity index (χ0n) is 13.2. The maximum Gasteiger partial charge on any atom is 0.143 e. The highest BCUT2D eigenvalue weighted by molar-refractivity contribution is 5.59. The molecule has 0 fully saturated rings. The highest BCUT2D eigenvalue weighted by Crippen LogP contribution is 2.35. The van der Waals surface area contributed by atoms with Crippen LogP contribution in [-0.4, -0.2) is 6.54 Å². The van der Waals surface area contributed by atoms with Gasteiger partial charge in [-0.2, -0.15) is 0 Å². The van der Waals surface area contributed by atoms with Crippen LogP contribution in [0.3, 0.4) is 0 Å². The SMILES string of the molecule is Cc1ccc2c(c1)NCC(c1ccc(C(C)(C)C)cc1)O2. The molecule has 110 valence electrons. The van der Waals surface area contributed by atoms with Gasteiger partial charge >= 0.3 is 0 Å². The van der Waals surface area contributed by atoms with Gasteiger partial charge in [0.05, 0.1) is 12.2 Å². The smallest absolute Gasteiger partial charge is 0.143 e. The second-order valence-corrected chi connectivity index (χ2v) is 6.86. The second kappa shape index (κ2) is 5.10. The van der Waals surface area contributed by atoms with E-state index >= 15 is 0 Å². The van der Waals surface area contributed by atoms with Crippen LogP contribution >= 0.6 is 0 Å². The number of nitrogens with one attached hydrogen (secondary N) is 1. The topological polar surface area (TPSA) is 21.3 Å². The van der Waals surface area contributed by atoms with E-state index in [1.807, 2.05) is 6.07 Å². The first-order valence-corrected chi connectivity index (χ1v) is 7.55. The highest BCUT2D eigenvalue weighted by Gasteiger charge is 2.21. The summed E-state index contributed by atoms with van der Waals surface area (Å²) in [4.78, 5) is 0. The fourth-order valence-electron chi connectivity index (χ4n) is 2.67. The van der Waals surface area contributed by atoms with E-state index in [9.17, 15) is 0 Å². The average Bonchev–Trinajstić information content (AvgIpc) is 2.46. The summed E-state index contributed by atoms with van der Waals surface area (Å²) in [7, 11) is 0. The zero-order valence-corrected chi connectivity index (χ0v) is 13.2. The van der Waals surface area contributed by atoms with Crippen molar-refractivity contribution < 1.29 is 4.74 Å². The van der Waals surface area contributed by atoms with Crippen molar-refractivity contribution >= 4 is 5.69 Å². The molecule has 0 aromatic heterocycles. The van der Waals surface area contributed by atoms with Crippen LogP contribution in [0.15, 0.2) is 42.5 Å². The predicted molar refractivity (Wildman–Crippen MR) is 88.2 cm³/mol. The van der Waals surface area contributed by atoms with Gasteiger partial charge in [-0.3, -0.25) is 0 Å². The molecule has 0 aliphatic carbocycles. The quantitative estimate of drug-likeness (QED) is 0.807. The average molecular weight is 281 g/mol. The molecule has 0 saturated carbocycles. The van der Waals surface area contributed by atoms with Crippen molar-refractivity contribution in [1.82, 2.24) is 0 Å². The Labute approximate surface area is 127 Å².